The molecule has 146 valence electrons. The van der Waals surface area contributed by atoms with Crippen molar-refractivity contribution < 1.29 is 23.8 Å². The van der Waals surface area contributed by atoms with Gasteiger partial charge in [-0.3, -0.25) is 14.9 Å². The van der Waals surface area contributed by atoms with Gasteiger partial charge in [0.2, 0.25) is 0 Å². The van der Waals surface area contributed by atoms with Crippen LogP contribution < -0.4 is 0 Å². The van der Waals surface area contributed by atoms with Gasteiger partial charge in [0.1, 0.15) is 17.9 Å². The van der Waals surface area contributed by atoms with Gasteiger partial charge < -0.3 is 9.26 Å². The number of amides is 2. The van der Waals surface area contributed by atoms with Crippen LogP contribution in [0, 0.1) is 10.1 Å². The summed E-state index contributed by atoms with van der Waals surface area (Å²) in [6.07, 6.45) is -0.443. The van der Waals surface area contributed by atoms with Gasteiger partial charge in [-0.1, -0.05) is 35.5 Å². The van der Waals surface area contributed by atoms with Crippen LogP contribution in [0.1, 0.15) is 21.7 Å². The molecule has 1 aliphatic heterocycles. The first-order valence-corrected chi connectivity index (χ1v) is 8.80. The Bertz CT molecular complexity index is 1080. The molecule has 2 aromatic carbocycles. The second-order valence-electron chi connectivity index (χ2n) is 6.38. The topological polar surface area (TPSA) is 116 Å². The Kier molecular flexibility index (Phi) is 4.78. The molecule has 3 aromatic rings. The Hall–Kier alpha value is -4.01. The predicted molar refractivity (Wildman–Crippen MR) is 100.0 cm³/mol. The van der Waals surface area contributed by atoms with Crippen molar-refractivity contribution in [1.82, 2.24) is 10.1 Å². The third-order valence-corrected chi connectivity index (χ3v) is 4.56. The Morgan fingerprint density at radius 1 is 1.17 bits per heavy atom. The van der Waals surface area contributed by atoms with Gasteiger partial charge in [0, 0.05) is 30.7 Å². The largest absolute Gasteiger partial charge is 0.444 e. The van der Waals surface area contributed by atoms with Crippen molar-refractivity contribution in [2.45, 2.75) is 13.0 Å². The zero-order chi connectivity index (χ0) is 20.4. The normalized spacial score (nSPS) is 13.1. The van der Waals surface area contributed by atoms with E-state index in [2.05, 4.69) is 5.16 Å². The van der Waals surface area contributed by atoms with E-state index in [1.54, 1.807) is 0 Å². The van der Waals surface area contributed by atoms with Gasteiger partial charge in [-0.15, -0.1) is 0 Å². The summed E-state index contributed by atoms with van der Waals surface area (Å²) in [5.74, 6) is -0.200. The minimum atomic E-state index is -0.750. The zero-order valence-electron chi connectivity index (χ0n) is 15.1. The lowest BCUT2D eigenvalue weighted by atomic mass is 10.0. The number of aromatic nitrogens is 1. The van der Waals surface area contributed by atoms with Crippen LogP contribution in [0.2, 0.25) is 0 Å². The molecule has 0 fully saturated rings. The van der Waals surface area contributed by atoms with Crippen LogP contribution in [0.25, 0.3) is 11.3 Å². The van der Waals surface area contributed by atoms with E-state index >= 15 is 0 Å². The van der Waals surface area contributed by atoms with Crippen molar-refractivity contribution in [2.24, 2.45) is 0 Å². The summed E-state index contributed by atoms with van der Waals surface area (Å²) in [6, 6.07) is 14.7. The molecule has 9 nitrogen and oxygen atoms in total. The standard InChI is InChI=1S/C20H15N3O6/c24-19-17-16(29-21-18(17)14-6-8-15(9-7-14)23(26)27)10-11-22(19)20(25)28-12-13-4-2-1-3-5-13/h1-9H,10-12H2. The number of ether oxygens (including phenoxy) is 1. The third-order valence-electron chi connectivity index (χ3n) is 4.56. The highest BCUT2D eigenvalue weighted by Gasteiger charge is 2.36. The number of hydrogen-bond donors (Lipinski definition) is 0. The van der Waals surface area contributed by atoms with E-state index in [-0.39, 0.29) is 30.1 Å². The minimum absolute atomic E-state index is 0.0508. The molecule has 2 heterocycles. The molecule has 29 heavy (non-hydrogen) atoms. The van der Waals surface area contributed by atoms with Crippen molar-refractivity contribution >= 4 is 17.7 Å². The number of rotatable bonds is 4. The molecular formula is C20H15N3O6. The lowest BCUT2D eigenvalue weighted by Crippen LogP contribution is -2.42. The number of nitro benzene ring substituents is 1. The Morgan fingerprint density at radius 3 is 2.59 bits per heavy atom. The first-order chi connectivity index (χ1) is 14.0. The first kappa shape index (κ1) is 18.4. The van der Waals surface area contributed by atoms with Crippen LogP contribution in [0.15, 0.2) is 59.1 Å². The maximum atomic E-state index is 12.9. The molecule has 0 saturated carbocycles. The Labute approximate surface area is 164 Å². The van der Waals surface area contributed by atoms with E-state index in [9.17, 15) is 19.7 Å². The van der Waals surface area contributed by atoms with Crippen LogP contribution in [-0.4, -0.2) is 33.5 Å². The fourth-order valence-electron chi connectivity index (χ4n) is 3.07. The van der Waals surface area contributed by atoms with E-state index in [1.165, 1.54) is 24.3 Å². The molecule has 0 unspecified atom stereocenters. The Balaban J connectivity index is 1.54. The molecule has 0 atom stereocenters. The number of benzene rings is 2. The van der Waals surface area contributed by atoms with Crippen LogP contribution in [0.3, 0.4) is 0 Å². The lowest BCUT2D eigenvalue weighted by molar-refractivity contribution is -0.384. The van der Waals surface area contributed by atoms with Crippen molar-refractivity contribution in [3.8, 4) is 11.3 Å². The van der Waals surface area contributed by atoms with Gasteiger partial charge in [-0.05, 0) is 17.7 Å². The molecule has 0 radical (unpaired) electrons. The van der Waals surface area contributed by atoms with Crippen molar-refractivity contribution in [2.75, 3.05) is 6.54 Å². The number of nitro groups is 1. The molecule has 1 aliphatic rings. The lowest BCUT2D eigenvalue weighted by Gasteiger charge is -2.23. The molecule has 4 rings (SSSR count). The summed E-state index contributed by atoms with van der Waals surface area (Å²) < 4.78 is 10.5. The van der Waals surface area contributed by atoms with Gasteiger partial charge in [0.05, 0.1) is 4.92 Å². The number of imide groups is 1. The quantitative estimate of drug-likeness (QED) is 0.491. The molecule has 9 heteroatoms. The Morgan fingerprint density at radius 2 is 1.90 bits per heavy atom. The molecular weight excluding hydrogens is 378 g/mol. The van der Waals surface area contributed by atoms with E-state index < -0.39 is 16.9 Å². The van der Waals surface area contributed by atoms with Crippen LogP contribution in [0.5, 0.6) is 0 Å². The maximum Gasteiger partial charge on any atom is 0.417 e. The number of fused-ring (bicyclic) bond motifs is 1. The van der Waals surface area contributed by atoms with Crippen molar-refractivity contribution in [1.29, 1.82) is 0 Å². The summed E-state index contributed by atoms with van der Waals surface area (Å²) in [5.41, 5.74) is 1.61. The van der Waals surface area contributed by atoms with Crippen LogP contribution in [-0.2, 0) is 17.8 Å². The van der Waals surface area contributed by atoms with Crippen LogP contribution >= 0.6 is 0 Å². The first-order valence-electron chi connectivity index (χ1n) is 8.80. The molecule has 0 N–H and O–H groups in total. The number of hydrogen-bond acceptors (Lipinski definition) is 7. The average Bonchev–Trinajstić information content (AvgIpc) is 3.18. The monoisotopic (exact) mass is 393 g/mol. The van der Waals surface area contributed by atoms with Gasteiger partial charge in [-0.2, -0.15) is 0 Å². The fourth-order valence-corrected chi connectivity index (χ4v) is 3.07. The van der Waals surface area contributed by atoms with Crippen LogP contribution in [0.4, 0.5) is 10.5 Å². The molecule has 2 amide bonds. The third kappa shape index (κ3) is 3.57. The molecule has 0 saturated heterocycles. The SMILES string of the molecule is O=C(OCc1ccccc1)N1CCc2onc(-c3ccc([N+](=O)[O-])cc3)c2C1=O. The van der Waals surface area contributed by atoms with Gasteiger partial charge in [0.15, 0.2) is 5.76 Å². The highest BCUT2D eigenvalue weighted by Crippen LogP contribution is 2.31. The zero-order valence-corrected chi connectivity index (χ0v) is 15.1. The van der Waals surface area contributed by atoms with Crippen molar-refractivity contribution in [3.63, 3.8) is 0 Å². The van der Waals surface area contributed by atoms with E-state index in [4.69, 9.17) is 9.26 Å². The molecule has 0 bridgehead atoms. The molecule has 0 aliphatic carbocycles. The number of carbonyl (C=O) groups excluding carboxylic acids is 2. The summed E-state index contributed by atoms with van der Waals surface area (Å²) >= 11 is 0. The van der Waals surface area contributed by atoms with Gasteiger partial charge >= 0.3 is 6.09 Å². The number of carbonyl (C=O) groups is 2. The highest BCUT2D eigenvalue weighted by molar-refractivity contribution is 6.08. The summed E-state index contributed by atoms with van der Waals surface area (Å²) in [7, 11) is 0. The second kappa shape index (κ2) is 7.55. The van der Waals surface area contributed by atoms with Crippen molar-refractivity contribution in [3.05, 3.63) is 81.6 Å². The summed E-state index contributed by atoms with van der Waals surface area (Å²) in [6.45, 7) is 0.170. The van der Waals surface area contributed by atoms with Gasteiger partial charge in [-0.25, -0.2) is 9.69 Å². The predicted octanol–water partition coefficient (Wildman–Crippen LogP) is 3.58. The fraction of sp³-hybridized carbons (Fsp3) is 0.150. The van der Waals surface area contributed by atoms with Gasteiger partial charge in [0.25, 0.3) is 11.6 Å². The average molecular weight is 393 g/mol. The highest BCUT2D eigenvalue weighted by atomic mass is 16.6. The molecule has 0 spiro atoms. The maximum absolute atomic E-state index is 12.9. The smallest absolute Gasteiger partial charge is 0.417 e. The second-order valence-corrected chi connectivity index (χ2v) is 6.38. The van der Waals surface area contributed by atoms with E-state index in [1.807, 2.05) is 30.3 Å². The summed E-state index contributed by atoms with van der Waals surface area (Å²) in [4.78, 5) is 36.7. The molecule has 1 aromatic heterocycles. The summed E-state index contributed by atoms with van der Waals surface area (Å²) in [5, 5.41) is 14.8. The minimum Gasteiger partial charge on any atom is -0.444 e. The van der Waals surface area contributed by atoms with E-state index in [0.717, 1.165) is 10.5 Å². The van der Waals surface area contributed by atoms with E-state index in [0.29, 0.717) is 17.7 Å². The number of non-ortho nitro benzene ring substituents is 1. The number of nitrogens with zero attached hydrogens (tertiary/aromatic N) is 3.